The molecular weight excluding hydrogens is 324 g/mol. The lowest BCUT2D eigenvalue weighted by Gasteiger charge is -2.16. The van der Waals surface area contributed by atoms with Gasteiger partial charge in [-0.2, -0.15) is 0 Å². The van der Waals surface area contributed by atoms with Gasteiger partial charge in [-0.1, -0.05) is 45.4 Å². The summed E-state index contributed by atoms with van der Waals surface area (Å²) in [5.41, 5.74) is 3.10. The predicted octanol–water partition coefficient (Wildman–Crippen LogP) is 6.62. The molecule has 0 saturated carbocycles. The van der Waals surface area contributed by atoms with Crippen LogP contribution in [-0.2, 0) is 0 Å². The number of unbranched alkanes of at least 4 members (excludes halogenated alkanes) is 1. The number of thioether (sulfide) groups is 1. The standard InChI is InChI=1S/C22H30N2S/c1-5-6-14-25-22-16-20(24-19-10-8-7-9-11-19)12-13-21(22)23-18(4)15-17(2)3/h7-13,16-18H,5-6,14-15H2,1-4H3. The molecule has 3 heteroatoms. The van der Waals surface area contributed by atoms with E-state index in [2.05, 4.69) is 45.9 Å². The van der Waals surface area contributed by atoms with Gasteiger partial charge in [-0.05, 0) is 61.8 Å². The quantitative estimate of drug-likeness (QED) is 0.380. The van der Waals surface area contributed by atoms with E-state index in [0.29, 0.717) is 12.0 Å². The van der Waals surface area contributed by atoms with E-state index in [1.165, 1.54) is 17.7 Å². The van der Waals surface area contributed by atoms with E-state index in [4.69, 9.17) is 9.98 Å². The highest BCUT2D eigenvalue weighted by Gasteiger charge is 2.13. The first-order chi connectivity index (χ1) is 12.1. The van der Waals surface area contributed by atoms with Crippen molar-refractivity contribution in [2.75, 3.05) is 5.75 Å². The molecule has 1 aliphatic carbocycles. The molecule has 0 aromatic heterocycles. The highest BCUT2D eigenvalue weighted by molar-refractivity contribution is 8.04. The maximum Gasteiger partial charge on any atom is 0.0714 e. The summed E-state index contributed by atoms with van der Waals surface area (Å²) >= 11 is 1.90. The molecule has 0 heterocycles. The fourth-order valence-corrected chi connectivity index (χ4v) is 3.87. The number of benzene rings is 1. The van der Waals surface area contributed by atoms with Gasteiger partial charge in [0.1, 0.15) is 0 Å². The Morgan fingerprint density at radius 2 is 1.80 bits per heavy atom. The van der Waals surface area contributed by atoms with E-state index in [-0.39, 0.29) is 0 Å². The molecule has 134 valence electrons. The summed E-state index contributed by atoms with van der Waals surface area (Å²) in [6.07, 6.45) is 9.97. The first-order valence-corrected chi connectivity index (χ1v) is 10.3. The number of nitrogens with zero attached hydrogens (tertiary/aromatic N) is 2. The number of hydrogen-bond donors (Lipinski definition) is 0. The van der Waals surface area contributed by atoms with Crippen molar-refractivity contribution in [1.29, 1.82) is 0 Å². The molecule has 0 amide bonds. The van der Waals surface area contributed by atoms with Crippen LogP contribution in [0.4, 0.5) is 5.69 Å². The van der Waals surface area contributed by atoms with Crippen molar-refractivity contribution in [3.63, 3.8) is 0 Å². The Labute approximate surface area is 157 Å². The molecule has 2 nitrogen and oxygen atoms in total. The molecule has 0 bridgehead atoms. The molecule has 0 aliphatic heterocycles. The third kappa shape index (κ3) is 7.03. The minimum Gasteiger partial charge on any atom is -0.281 e. The van der Waals surface area contributed by atoms with Gasteiger partial charge in [0.05, 0.1) is 17.1 Å². The van der Waals surface area contributed by atoms with Crippen molar-refractivity contribution >= 4 is 28.9 Å². The molecule has 1 unspecified atom stereocenters. The van der Waals surface area contributed by atoms with Gasteiger partial charge in [0, 0.05) is 10.9 Å². The summed E-state index contributed by atoms with van der Waals surface area (Å²) in [5.74, 6) is 1.80. The number of allylic oxidation sites excluding steroid dienone is 4. The van der Waals surface area contributed by atoms with Gasteiger partial charge in [-0.25, -0.2) is 4.99 Å². The monoisotopic (exact) mass is 354 g/mol. The van der Waals surface area contributed by atoms with Gasteiger partial charge in [0.15, 0.2) is 0 Å². The third-order valence-electron chi connectivity index (χ3n) is 3.89. The Kier molecular flexibility index (Phi) is 8.20. The zero-order valence-corrected chi connectivity index (χ0v) is 16.7. The summed E-state index contributed by atoms with van der Waals surface area (Å²) in [4.78, 5) is 11.0. The zero-order chi connectivity index (χ0) is 18.1. The lowest BCUT2D eigenvalue weighted by Crippen LogP contribution is -2.12. The molecule has 0 spiro atoms. The Hall–Kier alpha value is -1.61. The van der Waals surface area contributed by atoms with Gasteiger partial charge in [0.25, 0.3) is 0 Å². The molecule has 0 saturated heterocycles. The van der Waals surface area contributed by atoms with Gasteiger partial charge < -0.3 is 0 Å². The Morgan fingerprint density at radius 1 is 1.04 bits per heavy atom. The third-order valence-corrected chi connectivity index (χ3v) is 5.02. The normalized spacial score (nSPS) is 18.8. The fourth-order valence-electron chi connectivity index (χ4n) is 2.75. The zero-order valence-electron chi connectivity index (χ0n) is 15.9. The molecule has 1 atom stereocenters. The van der Waals surface area contributed by atoms with Crippen LogP contribution >= 0.6 is 11.8 Å². The van der Waals surface area contributed by atoms with Crippen LogP contribution < -0.4 is 0 Å². The number of rotatable bonds is 8. The summed E-state index contributed by atoms with van der Waals surface area (Å²) in [6.45, 7) is 8.95. The Balaban J connectivity index is 2.21. The van der Waals surface area contributed by atoms with E-state index < -0.39 is 0 Å². The topological polar surface area (TPSA) is 24.7 Å². The maximum absolute atomic E-state index is 4.96. The van der Waals surface area contributed by atoms with E-state index in [9.17, 15) is 0 Å². The molecular formula is C22H30N2S. The molecule has 25 heavy (non-hydrogen) atoms. The van der Waals surface area contributed by atoms with Crippen molar-refractivity contribution in [2.45, 2.75) is 53.0 Å². The van der Waals surface area contributed by atoms with Crippen LogP contribution in [0, 0.1) is 5.92 Å². The largest absolute Gasteiger partial charge is 0.281 e. The summed E-state index contributed by atoms with van der Waals surface area (Å²) in [7, 11) is 0. The van der Waals surface area contributed by atoms with Gasteiger partial charge >= 0.3 is 0 Å². The molecule has 0 radical (unpaired) electrons. The second-order valence-electron chi connectivity index (χ2n) is 6.91. The lowest BCUT2D eigenvalue weighted by atomic mass is 10.1. The van der Waals surface area contributed by atoms with Gasteiger partial charge in [-0.3, -0.25) is 4.99 Å². The summed E-state index contributed by atoms with van der Waals surface area (Å²) in [5, 5.41) is 0. The van der Waals surface area contributed by atoms with E-state index in [0.717, 1.165) is 29.3 Å². The lowest BCUT2D eigenvalue weighted by molar-refractivity contribution is 0.522. The van der Waals surface area contributed by atoms with Crippen LogP contribution in [0.1, 0.15) is 47.0 Å². The van der Waals surface area contributed by atoms with Crippen LogP contribution in [0.5, 0.6) is 0 Å². The molecule has 1 aromatic rings. The van der Waals surface area contributed by atoms with Gasteiger partial charge in [-0.15, -0.1) is 11.8 Å². The molecule has 0 fully saturated rings. The van der Waals surface area contributed by atoms with Crippen molar-refractivity contribution in [3.8, 4) is 0 Å². The highest BCUT2D eigenvalue weighted by atomic mass is 32.2. The summed E-state index contributed by atoms with van der Waals surface area (Å²) < 4.78 is 0. The minimum atomic E-state index is 0.349. The van der Waals surface area contributed by atoms with Crippen molar-refractivity contribution < 1.29 is 0 Å². The van der Waals surface area contributed by atoms with E-state index >= 15 is 0 Å². The predicted molar refractivity (Wildman–Crippen MR) is 114 cm³/mol. The first kappa shape index (κ1) is 19.7. The highest BCUT2D eigenvalue weighted by Crippen LogP contribution is 2.25. The van der Waals surface area contributed by atoms with Gasteiger partial charge in [0.2, 0.25) is 0 Å². The fraction of sp³-hybridized carbons (Fsp3) is 0.455. The van der Waals surface area contributed by atoms with E-state index in [1.54, 1.807) is 0 Å². The van der Waals surface area contributed by atoms with Crippen LogP contribution in [0.25, 0.3) is 0 Å². The van der Waals surface area contributed by atoms with Crippen LogP contribution in [-0.4, -0.2) is 23.2 Å². The average Bonchev–Trinajstić information content (AvgIpc) is 2.57. The van der Waals surface area contributed by atoms with Crippen molar-refractivity contribution in [1.82, 2.24) is 0 Å². The SMILES string of the molecule is CCCCSC1=CC(=Nc2ccccc2)C=CC1=NC(C)CC(C)C. The molecule has 1 aromatic carbocycles. The second-order valence-corrected chi connectivity index (χ2v) is 8.05. The second kappa shape index (κ2) is 10.4. The Morgan fingerprint density at radius 3 is 2.48 bits per heavy atom. The van der Waals surface area contributed by atoms with Crippen LogP contribution in [0.15, 0.2) is 63.4 Å². The van der Waals surface area contributed by atoms with Crippen molar-refractivity contribution in [2.24, 2.45) is 15.9 Å². The molecule has 2 rings (SSSR count). The maximum atomic E-state index is 4.96. The number of para-hydroxylation sites is 1. The minimum absolute atomic E-state index is 0.349. The Bertz CT molecular complexity index is 654. The summed E-state index contributed by atoms with van der Waals surface area (Å²) in [6, 6.07) is 10.5. The number of aliphatic imine (C=N–C) groups is 2. The smallest absolute Gasteiger partial charge is 0.0714 e. The van der Waals surface area contributed by atoms with E-state index in [1.807, 2.05) is 42.1 Å². The molecule has 1 aliphatic rings. The van der Waals surface area contributed by atoms with Crippen LogP contribution in [0.2, 0.25) is 0 Å². The van der Waals surface area contributed by atoms with Crippen LogP contribution in [0.3, 0.4) is 0 Å². The molecule has 0 N–H and O–H groups in total. The number of hydrogen-bond acceptors (Lipinski definition) is 3. The van der Waals surface area contributed by atoms with Crippen molar-refractivity contribution in [3.05, 3.63) is 53.5 Å². The first-order valence-electron chi connectivity index (χ1n) is 9.33. The average molecular weight is 355 g/mol.